The first kappa shape index (κ1) is 25.9. The Bertz CT molecular complexity index is 1340. The number of rotatable bonds is 6. The van der Waals surface area contributed by atoms with Gasteiger partial charge in [-0.2, -0.15) is 0 Å². The summed E-state index contributed by atoms with van der Waals surface area (Å²) in [6, 6.07) is 11.0. The van der Waals surface area contributed by atoms with Crippen LogP contribution in [-0.4, -0.2) is 30.2 Å². The Morgan fingerprint density at radius 3 is 2.29 bits per heavy atom. The fourth-order valence-electron chi connectivity index (χ4n) is 6.06. The molecule has 0 N–H and O–H groups in total. The molecule has 3 atom stereocenters. The number of para-hydroxylation sites is 1. The average molecular weight is 515 g/mol. The van der Waals surface area contributed by atoms with Crippen molar-refractivity contribution in [2.75, 3.05) is 16.3 Å². The molecule has 0 spiro atoms. The molecule has 7 nitrogen and oxygen atoms in total. The summed E-state index contributed by atoms with van der Waals surface area (Å²) in [6.07, 6.45) is 4.95. The fourth-order valence-corrected chi connectivity index (χ4v) is 6.06. The predicted molar refractivity (Wildman–Crippen MR) is 145 cm³/mol. The van der Waals surface area contributed by atoms with E-state index in [-0.39, 0.29) is 42.5 Å². The lowest BCUT2D eigenvalue weighted by Crippen LogP contribution is -2.31. The van der Waals surface area contributed by atoms with Gasteiger partial charge in [0, 0.05) is 18.7 Å². The van der Waals surface area contributed by atoms with Gasteiger partial charge in [-0.3, -0.25) is 19.2 Å². The minimum absolute atomic E-state index is 0.0775. The van der Waals surface area contributed by atoms with Crippen LogP contribution in [0.25, 0.3) is 0 Å². The number of anilines is 2. The highest BCUT2D eigenvalue weighted by molar-refractivity contribution is 6.22. The zero-order valence-electron chi connectivity index (χ0n) is 22.5. The van der Waals surface area contributed by atoms with Crippen LogP contribution in [0.5, 0.6) is 5.75 Å². The summed E-state index contributed by atoms with van der Waals surface area (Å²) in [4.78, 5) is 55.3. The molecule has 5 rings (SSSR count). The molecule has 2 fully saturated rings. The number of hydrogen-bond acceptors (Lipinski definition) is 5. The second-order valence-corrected chi connectivity index (χ2v) is 10.6. The number of esters is 1. The average Bonchev–Trinajstić information content (AvgIpc) is 3.40. The lowest BCUT2D eigenvalue weighted by Gasteiger charge is -2.23. The molecule has 0 radical (unpaired) electrons. The SMILES string of the molecule is CCc1cccc(CC)c1N1C[C@H](C(=O)Oc2ccc(N3C(=O)[C@H]4CC(C)=CC[C@H]4C3=O)c(C)c2)CC1=O. The maximum Gasteiger partial charge on any atom is 0.316 e. The molecule has 2 aromatic carbocycles. The second-order valence-electron chi connectivity index (χ2n) is 10.6. The number of imide groups is 1. The van der Waals surface area contributed by atoms with E-state index in [2.05, 4.69) is 13.8 Å². The van der Waals surface area contributed by atoms with Crippen molar-refractivity contribution in [3.63, 3.8) is 0 Å². The first-order valence-electron chi connectivity index (χ1n) is 13.5. The molecule has 0 bridgehead atoms. The summed E-state index contributed by atoms with van der Waals surface area (Å²) in [5.41, 5.74) is 5.45. The van der Waals surface area contributed by atoms with Crippen LogP contribution >= 0.6 is 0 Å². The van der Waals surface area contributed by atoms with Crippen molar-refractivity contribution in [2.24, 2.45) is 17.8 Å². The van der Waals surface area contributed by atoms with E-state index in [1.165, 1.54) is 4.90 Å². The molecule has 3 amide bonds. The Hall–Kier alpha value is -3.74. The van der Waals surface area contributed by atoms with Gasteiger partial charge in [-0.25, -0.2) is 4.90 Å². The van der Waals surface area contributed by atoms with E-state index in [9.17, 15) is 19.2 Å². The maximum atomic E-state index is 13.1. The van der Waals surface area contributed by atoms with Crippen molar-refractivity contribution < 1.29 is 23.9 Å². The van der Waals surface area contributed by atoms with Crippen molar-refractivity contribution in [1.82, 2.24) is 0 Å². The summed E-state index contributed by atoms with van der Waals surface area (Å²) in [6.45, 7) is 8.20. The molecule has 198 valence electrons. The molecular weight excluding hydrogens is 480 g/mol. The lowest BCUT2D eigenvalue weighted by molar-refractivity contribution is -0.139. The number of nitrogens with zero attached hydrogens (tertiary/aromatic N) is 2. The van der Waals surface area contributed by atoms with Gasteiger partial charge in [0.1, 0.15) is 5.75 Å². The quantitative estimate of drug-likeness (QED) is 0.236. The van der Waals surface area contributed by atoms with Crippen molar-refractivity contribution in [2.45, 2.75) is 59.8 Å². The Morgan fingerprint density at radius 1 is 0.947 bits per heavy atom. The summed E-state index contributed by atoms with van der Waals surface area (Å²) < 4.78 is 5.69. The molecule has 3 aliphatic rings. The third-order valence-corrected chi connectivity index (χ3v) is 8.14. The van der Waals surface area contributed by atoms with E-state index in [0.29, 0.717) is 29.8 Å². The van der Waals surface area contributed by atoms with Gasteiger partial charge >= 0.3 is 5.97 Å². The minimum atomic E-state index is -0.572. The van der Waals surface area contributed by atoms with E-state index in [1.54, 1.807) is 30.0 Å². The third kappa shape index (κ3) is 4.44. The van der Waals surface area contributed by atoms with Crippen LogP contribution in [0.1, 0.15) is 56.7 Å². The molecule has 38 heavy (non-hydrogen) atoms. The molecular formula is C31H34N2O5. The Labute approximate surface area is 223 Å². The number of carbonyl (C=O) groups is 4. The Morgan fingerprint density at radius 2 is 1.63 bits per heavy atom. The number of carbonyl (C=O) groups excluding carboxylic acids is 4. The molecule has 2 aromatic rings. The number of amides is 3. The lowest BCUT2D eigenvalue weighted by atomic mass is 9.82. The first-order chi connectivity index (χ1) is 18.2. The standard InChI is InChI=1S/C31H34N2O5/c1-5-20-8-7-9-21(6-2)28(20)32-17-22(16-27(32)34)31(37)38-23-11-13-26(19(4)15-23)33-29(35)24-12-10-18(3)14-25(24)30(33)36/h7-11,13,15,22,24-25H,5-6,12,14,16-17H2,1-4H3/t22-,24-,25+/m1/s1. The molecule has 1 aliphatic carbocycles. The number of ether oxygens (including phenoxy) is 1. The molecule has 0 unspecified atom stereocenters. The van der Waals surface area contributed by atoms with E-state index in [4.69, 9.17) is 4.74 Å². The highest BCUT2D eigenvalue weighted by Gasteiger charge is 2.49. The van der Waals surface area contributed by atoms with Crippen LogP contribution in [0.3, 0.4) is 0 Å². The Kier molecular flexibility index (Phi) is 6.95. The van der Waals surface area contributed by atoms with Gasteiger partial charge in [0.25, 0.3) is 0 Å². The Balaban J connectivity index is 1.30. The fraction of sp³-hybridized carbons (Fsp3) is 0.419. The van der Waals surface area contributed by atoms with Crippen LogP contribution in [0.15, 0.2) is 48.0 Å². The van der Waals surface area contributed by atoms with E-state index in [1.807, 2.05) is 31.2 Å². The van der Waals surface area contributed by atoms with Crippen LogP contribution in [0.4, 0.5) is 11.4 Å². The van der Waals surface area contributed by atoms with Gasteiger partial charge in [-0.05, 0) is 74.4 Å². The van der Waals surface area contributed by atoms with Gasteiger partial charge in [-0.1, -0.05) is 43.7 Å². The zero-order chi connectivity index (χ0) is 27.1. The summed E-state index contributed by atoms with van der Waals surface area (Å²) in [5.74, 6) is -1.72. The number of allylic oxidation sites excluding steroid dienone is 2. The van der Waals surface area contributed by atoms with E-state index < -0.39 is 11.9 Å². The number of benzene rings is 2. The van der Waals surface area contributed by atoms with Crippen LogP contribution in [0, 0.1) is 24.7 Å². The van der Waals surface area contributed by atoms with Crippen molar-refractivity contribution in [3.05, 3.63) is 64.7 Å². The van der Waals surface area contributed by atoms with Gasteiger partial charge in [-0.15, -0.1) is 0 Å². The molecule has 0 saturated carbocycles. The minimum Gasteiger partial charge on any atom is -0.426 e. The van der Waals surface area contributed by atoms with Crippen molar-refractivity contribution in [1.29, 1.82) is 0 Å². The van der Waals surface area contributed by atoms with Crippen molar-refractivity contribution in [3.8, 4) is 5.75 Å². The topological polar surface area (TPSA) is 84.0 Å². The first-order valence-corrected chi connectivity index (χ1v) is 13.5. The highest BCUT2D eigenvalue weighted by Crippen LogP contribution is 2.41. The molecule has 2 saturated heterocycles. The molecule has 0 aromatic heterocycles. The van der Waals surface area contributed by atoms with E-state index >= 15 is 0 Å². The second kappa shape index (κ2) is 10.2. The van der Waals surface area contributed by atoms with Crippen LogP contribution in [0.2, 0.25) is 0 Å². The summed E-state index contributed by atoms with van der Waals surface area (Å²) in [5, 5.41) is 0. The molecule has 2 aliphatic heterocycles. The van der Waals surface area contributed by atoms with Crippen molar-refractivity contribution >= 4 is 35.1 Å². The van der Waals surface area contributed by atoms with Gasteiger partial charge in [0.2, 0.25) is 17.7 Å². The number of aryl methyl sites for hydroxylation is 3. The van der Waals surface area contributed by atoms with Gasteiger partial charge in [0.05, 0.1) is 23.4 Å². The normalized spacial score (nSPS) is 23.1. The summed E-state index contributed by atoms with van der Waals surface area (Å²) in [7, 11) is 0. The van der Waals surface area contributed by atoms with Crippen LogP contribution in [-0.2, 0) is 32.0 Å². The molecule has 2 heterocycles. The maximum absolute atomic E-state index is 13.1. The monoisotopic (exact) mass is 514 g/mol. The molecule has 7 heteroatoms. The van der Waals surface area contributed by atoms with Gasteiger partial charge < -0.3 is 9.64 Å². The largest absolute Gasteiger partial charge is 0.426 e. The number of hydrogen-bond donors (Lipinski definition) is 0. The number of fused-ring (bicyclic) bond motifs is 1. The van der Waals surface area contributed by atoms with E-state index in [0.717, 1.165) is 35.2 Å². The van der Waals surface area contributed by atoms with Gasteiger partial charge in [0.15, 0.2) is 0 Å². The zero-order valence-corrected chi connectivity index (χ0v) is 22.5. The highest BCUT2D eigenvalue weighted by atomic mass is 16.5. The summed E-state index contributed by atoms with van der Waals surface area (Å²) >= 11 is 0. The predicted octanol–water partition coefficient (Wildman–Crippen LogP) is 4.92. The van der Waals surface area contributed by atoms with Crippen LogP contribution < -0.4 is 14.5 Å². The third-order valence-electron chi connectivity index (χ3n) is 8.14. The smallest absolute Gasteiger partial charge is 0.316 e.